The molecule has 1 aliphatic rings. The first kappa shape index (κ1) is 15.1. The van der Waals surface area contributed by atoms with Crippen molar-refractivity contribution in [2.24, 2.45) is 5.84 Å². The van der Waals surface area contributed by atoms with Crippen LogP contribution in [0.15, 0.2) is 17.3 Å². The summed E-state index contributed by atoms with van der Waals surface area (Å²) in [5, 5.41) is 0. The molecule has 1 heterocycles. The van der Waals surface area contributed by atoms with Gasteiger partial charge in [-0.15, -0.1) is 0 Å². The summed E-state index contributed by atoms with van der Waals surface area (Å²) in [4.78, 5) is 7.86. The van der Waals surface area contributed by atoms with E-state index in [1.165, 1.54) is 18.8 Å². The molecule has 3 N–H and O–H groups in total. The van der Waals surface area contributed by atoms with Gasteiger partial charge in [0.2, 0.25) is 16.0 Å². The monoisotopic (exact) mass is 299 g/mol. The molecule has 1 aromatic heterocycles. The van der Waals surface area contributed by atoms with Crippen LogP contribution in [0.5, 0.6) is 0 Å². The summed E-state index contributed by atoms with van der Waals surface area (Å²) in [5.41, 5.74) is 2.28. The van der Waals surface area contributed by atoms with Crippen molar-refractivity contribution in [1.82, 2.24) is 14.3 Å². The van der Waals surface area contributed by atoms with Crippen LogP contribution < -0.4 is 11.3 Å². The molecule has 112 valence electrons. The Morgan fingerprint density at radius 1 is 1.30 bits per heavy atom. The predicted octanol–water partition coefficient (Wildman–Crippen LogP) is 1.11. The van der Waals surface area contributed by atoms with Crippen LogP contribution in [-0.4, -0.2) is 35.3 Å². The van der Waals surface area contributed by atoms with E-state index in [-0.39, 0.29) is 16.9 Å². The first-order chi connectivity index (χ1) is 9.59. The van der Waals surface area contributed by atoms with Crippen LogP contribution in [-0.2, 0) is 10.0 Å². The van der Waals surface area contributed by atoms with E-state index in [9.17, 15) is 8.42 Å². The van der Waals surface area contributed by atoms with Gasteiger partial charge in [0.15, 0.2) is 0 Å². The highest BCUT2D eigenvalue weighted by atomic mass is 32.2. The van der Waals surface area contributed by atoms with Crippen molar-refractivity contribution < 1.29 is 8.42 Å². The standard InChI is InChI=1S/C12H21N5O2S/c1-2-17(10-6-4-3-5-7-10)20(18,19)11-8-14-12(16-13)15-9-11/h8-10H,2-7,13H2,1H3,(H,14,15,16). The maximum atomic E-state index is 12.7. The number of anilines is 1. The van der Waals surface area contributed by atoms with Crippen molar-refractivity contribution in [3.63, 3.8) is 0 Å². The number of sulfonamides is 1. The number of hydrogen-bond acceptors (Lipinski definition) is 6. The first-order valence-electron chi connectivity index (χ1n) is 6.90. The normalized spacial score (nSPS) is 17.4. The van der Waals surface area contributed by atoms with Gasteiger partial charge in [-0.2, -0.15) is 4.31 Å². The van der Waals surface area contributed by atoms with Crippen LogP contribution in [0.4, 0.5) is 5.95 Å². The minimum absolute atomic E-state index is 0.0889. The van der Waals surface area contributed by atoms with Gasteiger partial charge in [-0.25, -0.2) is 24.2 Å². The van der Waals surface area contributed by atoms with E-state index in [4.69, 9.17) is 5.84 Å². The van der Waals surface area contributed by atoms with Crippen molar-refractivity contribution in [2.75, 3.05) is 12.0 Å². The highest BCUT2D eigenvalue weighted by Crippen LogP contribution is 2.27. The molecule has 0 atom stereocenters. The number of nitrogens with one attached hydrogen (secondary N) is 1. The maximum Gasteiger partial charge on any atom is 0.246 e. The Bertz CT molecular complexity index is 525. The third-order valence-corrected chi connectivity index (χ3v) is 5.64. The Hall–Kier alpha value is -1.25. The summed E-state index contributed by atoms with van der Waals surface area (Å²) in [5.74, 6) is 5.38. The molecule has 8 heteroatoms. The number of hydrazine groups is 1. The SMILES string of the molecule is CCN(C1CCCCC1)S(=O)(=O)c1cnc(NN)nc1. The molecule has 0 radical (unpaired) electrons. The van der Waals surface area contributed by atoms with Gasteiger partial charge in [0.25, 0.3) is 0 Å². The Morgan fingerprint density at radius 3 is 2.40 bits per heavy atom. The lowest BCUT2D eigenvalue weighted by Gasteiger charge is -2.32. The van der Waals surface area contributed by atoms with Gasteiger partial charge in [-0.3, -0.25) is 5.43 Å². The van der Waals surface area contributed by atoms with Gasteiger partial charge in [0, 0.05) is 12.6 Å². The molecule has 20 heavy (non-hydrogen) atoms. The number of aromatic nitrogens is 2. The van der Waals surface area contributed by atoms with Gasteiger partial charge >= 0.3 is 0 Å². The molecule has 0 saturated heterocycles. The quantitative estimate of drug-likeness (QED) is 0.624. The smallest absolute Gasteiger partial charge is 0.246 e. The van der Waals surface area contributed by atoms with E-state index in [1.54, 1.807) is 4.31 Å². The van der Waals surface area contributed by atoms with Gasteiger partial charge in [0.1, 0.15) is 4.90 Å². The number of rotatable bonds is 5. The molecule has 0 unspecified atom stereocenters. The topological polar surface area (TPSA) is 101 Å². The lowest BCUT2D eigenvalue weighted by Crippen LogP contribution is -2.41. The van der Waals surface area contributed by atoms with Crippen molar-refractivity contribution >= 4 is 16.0 Å². The molecule has 1 aromatic rings. The van der Waals surface area contributed by atoms with Gasteiger partial charge < -0.3 is 0 Å². The highest BCUT2D eigenvalue weighted by molar-refractivity contribution is 7.89. The van der Waals surface area contributed by atoms with E-state index < -0.39 is 10.0 Å². The molecule has 7 nitrogen and oxygen atoms in total. The number of nitrogens with two attached hydrogens (primary N) is 1. The summed E-state index contributed by atoms with van der Waals surface area (Å²) < 4.78 is 26.9. The molecule has 1 saturated carbocycles. The molecule has 0 bridgehead atoms. The van der Waals surface area contributed by atoms with Crippen LogP contribution in [0.2, 0.25) is 0 Å². The maximum absolute atomic E-state index is 12.7. The lowest BCUT2D eigenvalue weighted by atomic mass is 9.95. The van der Waals surface area contributed by atoms with Gasteiger partial charge in [0.05, 0.1) is 12.4 Å². The second-order valence-corrected chi connectivity index (χ2v) is 6.78. The van der Waals surface area contributed by atoms with Crippen LogP contribution in [0.1, 0.15) is 39.0 Å². The second kappa shape index (κ2) is 6.47. The molecule has 2 rings (SSSR count). The zero-order valence-electron chi connectivity index (χ0n) is 11.6. The van der Waals surface area contributed by atoms with E-state index in [0.29, 0.717) is 6.54 Å². The second-order valence-electron chi connectivity index (χ2n) is 4.89. The number of hydrogen-bond donors (Lipinski definition) is 2. The fraction of sp³-hybridized carbons (Fsp3) is 0.667. The summed E-state index contributed by atoms with van der Waals surface area (Å²) >= 11 is 0. The largest absolute Gasteiger partial charge is 0.292 e. The lowest BCUT2D eigenvalue weighted by molar-refractivity contribution is 0.261. The van der Waals surface area contributed by atoms with Crippen molar-refractivity contribution in [2.45, 2.75) is 50.0 Å². The summed E-state index contributed by atoms with van der Waals surface area (Å²) in [6.45, 7) is 2.33. The number of nitrogens with zero attached hydrogens (tertiary/aromatic N) is 3. The van der Waals surface area contributed by atoms with Crippen molar-refractivity contribution in [3.8, 4) is 0 Å². The average Bonchev–Trinajstić information content (AvgIpc) is 2.49. The van der Waals surface area contributed by atoms with E-state index in [0.717, 1.165) is 25.7 Å². The minimum atomic E-state index is -3.54. The van der Waals surface area contributed by atoms with Crippen LogP contribution in [0, 0.1) is 0 Å². The van der Waals surface area contributed by atoms with Crippen LogP contribution in [0.25, 0.3) is 0 Å². The Balaban J connectivity index is 2.25. The van der Waals surface area contributed by atoms with Crippen LogP contribution >= 0.6 is 0 Å². The molecule has 0 aliphatic heterocycles. The molecular formula is C12H21N5O2S. The first-order valence-corrected chi connectivity index (χ1v) is 8.34. The Kier molecular flexibility index (Phi) is 4.90. The minimum Gasteiger partial charge on any atom is -0.292 e. The zero-order chi connectivity index (χ0) is 14.6. The third kappa shape index (κ3) is 3.08. The molecule has 0 amide bonds. The van der Waals surface area contributed by atoms with Crippen molar-refractivity contribution in [3.05, 3.63) is 12.4 Å². The summed E-state index contributed by atoms with van der Waals surface area (Å²) in [6, 6.07) is 0.0889. The molecule has 1 aliphatic carbocycles. The summed E-state index contributed by atoms with van der Waals surface area (Å²) in [7, 11) is -3.54. The third-order valence-electron chi connectivity index (χ3n) is 3.66. The Labute approximate surface area is 119 Å². The fourth-order valence-electron chi connectivity index (χ4n) is 2.65. The van der Waals surface area contributed by atoms with Gasteiger partial charge in [-0.1, -0.05) is 26.2 Å². The average molecular weight is 299 g/mol. The van der Waals surface area contributed by atoms with Crippen molar-refractivity contribution in [1.29, 1.82) is 0 Å². The van der Waals surface area contributed by atoms with Crippen LogP contribution in [0.3, 0.4) is 0 Å². The summed E-state index contributed by atoms with van der Waals surface area (Å²) in [6.07, 6.45) is 7.80. The van der Waals surface area contributed by atoms with E-state index >= 15 is 0 Å². The predicted molar refractivity (Wildman–Crippen MR) is 76.3 cm³/mol. The highest BCUT2D eigenvalue weighted by Gasteiger charge is 2.31. The number of nitrogen functional groups attached to an aromatic ring is 1. The molecule has 1 fully saturated rings. The van der Waals surface area contributed by atoms with E-state index in [1.807, 2.05) is 6.92 Å². The zero-order valence-corrected chi connectivity index (χ0v) is 12.4. The van der Waals surface area contributed by atoms with E-state index in [2.05, 4.69) is 15.4 Å². The van der Waals surface area contributed by atoms with Gasteiger partial charge in [-0.05, 0) is 12.8 Å². The molecular weight excluding hydrogens is 278 g/mol. The Morgan fingerprint density at radius 2 is 1.90 bits per heavy atom. The molecule has 0 aromatic carbocycles. The molecule has 0 spiro atoms. The fourth-order valence-corrected chi connectivity index (χ4v) is 4.24.